The summed E-state index contributed by atoms with van der Waals surface area (Å²) in [6.07, 6.45) is 1.35. The summed E-state index contributed by atoms with van der Waals surface area (Å²) in [7, 11) is 0. The Bertz CT molecular complexity index is 1310. The van der Waals surface area contributed by atoms with E-state index in [-0.39, 0.29) is 12.1 Å². The van der Waals surface area contributed by atoms with Crippen LogP contribution >= 0.6 is 34.3 Å². The highest BCUT2D eigenvalue weighted by Gasteiger charge is 2.24. The molecule has 0 saturated carbocycles. The quantitative estimate of drug-likeness (QED) is 0.458. The van der Waals surface area contributed by atoms with Crippen LogP contribution in [0.1, 0.15) is 16.6 Å². The van der Waals surface area contributed by atoms with Gasteiger partial charge in [-0.3, -0.25) is 14.2 Å². The zero-order valence-corrected chi connectivity index (χ0v) is 17.5. The van der Waals surface area contributed by atoms with Crippen molar-refractivity contribution in [3.05, 3.63) is 67.4 Å². The standard InChI is InChI=1S/C20H13ClN4O2S2/c1-11-8-28-18(24-11)14(6-22)16(26)7-25-10-23-19-17(20(25)27)15(9-29-19)12-2-4-13(21)5-3-12/h2-5,8-10,14H,7H2,1H3. The Labute approximate surface area is 178 Å². The molecule has 0 spiro atoms. The summed E-state index contributed by atoms with van der Waals surface area (Å²) in [6, 6.07) is 9.18. The van der Waals surface area contributed by atoms with Gasteiger partial charge in [-0.25, -0.2) is 9.97 Å². The van der Waals surface area contributed by atoms with Crippen LogP contribution in [0.4, 0.5) is 0 Å². The molecule has 0 amide bonds. The van der Waals surface area contributed by atoms with Crippen LogP contribution in [0.15, 0.2) is 46.1 Å². The number of thiazole rings is 1. The molecule has 4 rings (SSSR count). The molecule has 9 heteroatoms. The Hall–Kier alpha value is -2.86. The normalized spacial score (nSPS) is 12.0. The topological polar surface area (TPSA) is 88.6 Å². The molecule has 0 aliphatic rings. The van der Waals surface area contributed by atoms with Crippen molar-refractivity contribution in [2.45, 2.75) is 19.4 Å². The number of rotatable bonds is 5. The predicted octanol–water partition coefficient (Wildman–Crippen LogP) is 4.42. The average Bonchev–Trinajstić information content (AvgIpc) is 3.32. The Morgan fingerprint density at radius 3 is 2.69 bits per heavy atom. The Morgan fingerprint density at radius 2 is 2.03 bits per heavy atom. The van der Waals surface area contributed by atoms with Crippen molar-refractivity contribution in [3.8, 4) is 17.2 Å². The van der Waals surface area contributed by atoms with E-state index in [0.29, 0.717) is 20.2 Å². The Morgan fingerprint density at radius 1 is 1.28 bits per heavy atom. The summed E-state index contributed by atoms with van der Waals surface area (Å²) in [6.45, 7) is 1.56. The molecule has 3 aromatic heterocycles. The van der Waals surface area contributed by atoms with E-state index in [1.807, 2.05) is 23.6 Å². The maximum absolute atomic E-state index is 13.1. The first-order chi connectivity index (χ1) is 14.0. The number of thiophene rings is 1. The van der Waals surface area contributed by atoms with E-state index in [4.69, 9.17) is 11.6 Å². The van der Waals surface area contributed by atoms with Gasteiger partial charge in [-0.05, 0) is 24.6 Å². The van der Waals surface area contributed by atoms with Gasteiger partial charge in [0.25, 0.3) is 5.56 Å². The summed E-state index contributed by atoms with van der Waals surface area (Å²) in [5.41, 5.74) is 2.02. The Kier molecular flexibility index (Phi) is 5.28. The van der Waals surface area contributed by atoms with Crippen molar-refractivity contribution in [1.29, 1.82) is 5.26 Å². The highest BCUT2D eigenvalue weighted by atomic mass is 35.5. The summed E-state index contributed by atoms with van der Waals surface area (Å²) >= 11 is 8.58. The minimum Gasteiger partial charge on any atom is -0.296 e. The maximum atomic E-state index is 13.1. The number of nitrogens with zero attached hydrogens (tertiary/aromatic N) is 4. The molecular formula is C20H13ClN4O2S2. The van der Waals surface area contributed by atoms with Crippen LogP contribution in [-0.2, 0) is 11.3 Å². The van der Waals surface area contributed by atoms with Crippen LogP contribution in [0.3, 0.4) is 0 Å². The molecule has 1 unspecified atom stereocenters. The van der Waals surface area contributed by atoms with Crippen molar-refractivity contribution in [3.63, 3.8) is 0 Å². The molecule has 0 fully saturated rings. The first-order valence-corrected chi connectivity index (χ1v) is 10.7. The van der Waals surface area contributed by atoms with E-state index in [1.54, 1.807) is 24.4 Å². The van der Waals surface area contributed by atoms with Crippen molar-refractivity contribution in [2.75, 3.05) is 0 Å². The monoisotopic (exact) mass is 440 g/mol. The van der Waals surface area contributed by atoms with Gasteiger partial charge in [0.05, 0.1) is 24.3 Å². The maximum Gasteiger partial charge on any atom is 0.263 e. The number of carbonyl (C=O) groups is 1. The molecule has 0 aliphatic heterocycles. The second-order valence-corrected chi connectivity index (χ2v) is 8.55. The molecule has 0 N–H and O–H groups in total. The van der Waals surface area contributed by atoms with Crippen molar-refractivity contribution < 1.29 is 4.79 Å². The molecule has 0 radical (unpaired) electrons. The Balaban J connectivity index is 1.71. The van der Waals surface area contributed by atoms with Crippen molar-refractivity contribution in [2.24, 2.45) is 0 Å². The zero-order valence-electron chi connectivity index (χ0n) is 15.1. The third kappa shape index (κ3) is 3.72. The van der Waals surface area contributed by atoms with Crippen LogP contribution < -0.4 is 5.56 Å². The van der Waals surface area contributed by atoms with E-state index >= 15 is 0 Å². The summed E-state index contributed by atoms with van der Waals surface area (Å²) in [5, 5.41) is 14.6. The largest absolute Gasteiger partial charge is 0.296 e. The van der Waals surface area contributed by atoms with Crippen molar-refractivity contribution >= 4 is 50.3 Å². The highest BCUT2D eigenvalue weighted by molar-refractivity contribution is 7.17. The predicted molar refractivity (Wildman–Crippen MR) is 115 cm³/mol. The molecule has 0 saturated heterocycles. The molecule has 0 aliphatic carbocycles. The van der Waals surface area contributed by atoms with Crippen LogP contribution in [0, 0.1) is 18.3 Å². The van der Waals surface area contributed by atoms with Gasteiger partial charge in [0.2, 0.25) is 0 Å². The number of Topliss-reactive ketones (excluding diaryl/α,β-unsaturated/α-hetero) is 1. The van der Waals surface area contributed by atoms with Crippen LogP contribution in [-0.4, -0.2) is 20.3 Å². The zero-order chi connectivity index (χ0) is 20.5. The fourth-order valence-electron chi connectivity index (χ4n) is 2.95. The van der Waals surface area contributed by atoms with Gasteiger partial charge in [0.15, 0.2) is 11.7 Å². The third-order valence-corrected chi connectivity index (χ3v) is 6.54. The van der Waals surface area contributed by atoms with E-state index in [2.05, 4.69) is 9.97 Å². The van der Waals surface area contributed by atoms with Gasteiger partial charge >= 0.3 is 0 Å². The fourth-order valence-corrected chi connectivity index (χ4v) is 4.84. The van der Waals surface area contributed by atoms with E-state index in [9.17, 15) is 14.9 Å². The minimum absolute atomic E-state index is 0.242. The van der Waals surface area contributed by atoms with E-state index in [0.717, 1.165) is 16.8 Å². The van der Waals surface area contributed by atoms with Gasteiger partial charge in [-0.15, -0.1) is 22.7 Å². The van der Waals surface area contributed by atoms with Gasteiger partial charge in [-0.1, -0.05) is 23.7 Å². The van der Waals surface area contributed by atoms with E-state index in [1.165, 1.54) is 33.6 Å². The molecular weight excluding hydrogens is 428 g/mol. The summed E-state index contributed by atoms with van der Waals surface area (Å²) in [4.78, 5) is 35.0. The lowest BCUT2D eigenvalue weighted by Gasteiger charge is -2.08. The summed E-state index contributed by atoms with van der Waals surface area (Å²) in [5.74, 6) is -1.40. The van der Waals surface area contributed by atoms with Gasteiger partial charge in [0, 0.05) is 27.0 Å². The SMILES string of the molecule is Cc1csc(C(C#N)C(=O)Cn2cnc3scc(-c4ccc(Cl)cc4)c3c2=O)n1. The lowest BCUT2D eigenvalue weighted by Crippen LogP contribution is -2.27. The molecule has 1 aromatic carbocycles. The number of aryl methyl sites for hydroxylation is 1. The number of fused-ring (bicyclic) bond motifs is 1. The number of nitriles is 1. The first kappa shape index (κ1) is 19.5. The lowest BCUT2D eigenvalue weighted by atomic mass is 10.1. The lowest BCUT2D eigenvalue weighted by molar-refractivity contribution is -0.120. The van der Waals surface area contributed by atoms with Gasteiger partial charge in [0.1, 0.15) is 9.84 Å². The number of hydrogen-bond acceptors (Lipinski definition) is 7. The van der Waals surface area contributed by atoms with Crippen molar-refractivity contribution in [1.82, 2.24) is 14.5 Å². The second kappa shape index (κ2) is 7.87. The van der Waals surface area contributed by atoms with Crippen LogP contribution in [0.2, 0.25) is 5.02 Å². The number of carbonyl (C=O) groups excluding carboxylic acids is 1. The number of aromatic nitrogens is 3. The smallest absolute Gasteiger partial charge is 0.263 e. The van der Waals surface area contributed by atoms with E-state index < -0.39 is 11.7 Å². The highest BCUT2D eigenvalue weighted by Crippen LogP contribution is 2.31. The first-order valence-electron chi connectivity index (χ1n) is 8.55. The molecule has 6 nitrogen and oxygen atoms in total. The summed E-state index contributed by atoms with van der Waals surface area (Å²) < 4.78 is 1.25. The molecule has 144 valence electrons. The average molecular weight is 441 g/mol. The van der Waals surface area contributed by atoms with Gasteiger partial charge in [-0.2, -0.15) is 5.26 Å². The number of halogens is 1. The third-order valence-electron chi connectivity index (χ3n) is 4.38. The van der Waals surface area contributed by atoms with Gasteiger partial charge < -0.3 is 0 Å². The molecule has 0 bridgehead atoms. The molecule has 4 aromatic rings. The molecule has 29 heavy (non-hydrogen) atoms. The number of ketones is 1. The fraction of sp³-hybridized carbons (Fsp3) is 0.150. The van der Waals surface area contributed by atoms with Crippen LogP contribution in [0.5, 0.6) is 0 Å². The molecule has 1 atom stereocenters. The number of hydrogen-bond donors (Lipinski definition) is 0. The minimum atomic E-state index is -1.01. The number of benzene rings is 1. The second-order valence-electron chi connectivity index (χ2n) is 6.37. The molecule has 3 heterocycles. The van der Waals surface area contributed by atoms with Crippen LogP contribution in [0.25, 0.3) is 21.3 Å².